The quantitative estimate of drug-likeness (QED) is 0.453. The second kappa shape index (κ2) is 10.5. The molecule has 0 N–H and O–H groups in total. The van der Waals surface area contributed by atoms with Crippen LogP contribution in [0.4, 0.5) is 0 Å². The van der Waals surface area contributed by atoms with Crippen LogP contribution >= 0.6 is 0 Å². The molecule has 24 heavy (non-hydrogen) atoms. The van der Waals surface area contributed by atoms with E-state index in [0.717, 1.165) is 63.2 Å². The van der Waals surface area contributed by atoms with E-state index < -0.39 is 0 Å². The van der Waals surface area contributed by atoms with E-state index in [0.29, 0.717) is 0 Å². The first-order valence-corrected chi connectivity index (χ1v) is 9.98. The van der Waals surface area contributed by atoms with Gasteiger partial charge < -0.3 is 4.74 Å². The van der Waals surface area contributed by atoms with Gasteiger partial charge in [-0.2, -0.15) is 5.26 Å². The van der Waals surface area contributed by atoms with Crippen molar-refractivity contribution < 1.29 is 9.53 Å². The summed E-state index contributed by atoms with van der Waals surface area (Å²) in [5, 5.41) is 8.49. The SMILES string of the molecule is CCCC1CCC(C(=O)OC2CCC(CCC=CC#N)CC2)CC1. The van der Waals surface area contributed by atoms with Gasteiger partial charge in [0.15, 0.2) is 0 Å². The molecule has 0 heterocycles. The Labute approximate surface area is 147 Å². The van der Waals surface area contributed by atoms with Crippen molar-refractivity contribution >= 4 is 5.97 Å². The van der Waals surface area contributed by atoms with Crippen LogP contribution in [0, 0.1) is 29.1 Å². The highest BCUT2D eigenvalue weighted by Crippen LogP contribution is 2.34. The minimum atomic E-state index is 0.0744. The first-order valence-electron chi connectivity index (χ1n) is 9.98. The summed E-state index contributed by atoms with van der Waals surface area (Å²) in [5.41, 5.74) is 0. The van der Waals surface area contributed by atoms with E-state index >= 15 is 0 Å². The fourth-order valence-electron chi connectivity index (χ4n) is 4.36. The molecule has 2 aliphatic carbocycles. The van der Waals surface area contributed by atoms with E-state index in [1.54, 1.807) is 6.08 Å². The number of ether oxygens (including phenoxy) is 1. The van der Waals surface area contributed by atoms with Crippen LogP contribution in [0.5, 0.6) is 0 Å². The maximum absolute atomic E-state index is 12.4. The van der Waals surface area contributed by atoms with Crippen LogP contribution in [0.3, 0.4) is 0 Å². The van der Waals surface area contributed by atoms with Gasteiger partial charge in [0.2, 0.25) is 0 Å². The Balaban J connectivity index is 1.62. The molecule has 0 spiro atoms. The van der Waals surface area contributed by atoms with Crippen molar-refractivity contribution in [2.75, 3.05) is 0 Å². The Kier molecular flexibility index (Phi) is 8.36. The first kappa shape index (κ1) is 19.0. The molecule has 0 atom stereocenters. The fourth-order valence-corrected chi connectivity index (χ4v) is 4.36. The molecule has 0 radical (unpaired) electrons. The Bertz CT molecular complexity index is 435. The molecule has 2 rings (SSSR count). The summed E-state index contributed by atoms with van der Waals surface area (Å²) >= 11 is 0. The standard InChI is InChI=1S/C21H33NO2/c1-2-6-17-8-12-19(13-9-17)21(23)24-20-14-10-18(11-15-20)7-4-3-5-16-22/h3,5,17-20H,2,4,6-15H2,1H3. The van der Waals surface area contributed by atoms with Gasteiger partial charge in [-0.25, -0.2) is 0 Å². The van der Waals surface area contributed by atoms with Gasteiger partial charge in [0.1, 0.15) is 6.10 Å². The fraction of sp³-hybridized carbons (Fsp3) is 0.810. The predicted octanol–water partition coefficient (Wildman–Crippen LogP) is 5.55. The van der Waals surface area contributed by atoms with Crippen molar-refractivity contribution in [1.82, 2.24) is 0 Å². The second-order valence-corrected chi connectivity index (χ2v) is 7.69. The van der Waals surface area contributed by atoms with Crippen LogP contribution in [0.25, 0.3) is 0 Å². The van der Waals surface area contributed by atoms with Crippen molar-refractivity contribution in [3.63, 3.8) is 0 Å². The molecule has 134 valence electrons. The molecule has 2 fully saturated rings. The summed E-state index contributed by atoms with van der Waals surface area (Å²) in [4.78, 5) is 12.4. The average Bonchev–Trinajstić information content (AvgIpc) is 2.61. The third kappa shape index (κ3) is 6.30. The normalized spacial score (nSPS) is 30.8. The Morgan fingerprint density at radius 3 is 2.29 bits per heavy atom. The van der Waals surface area contributed by atoms with Gasteiger partial charge in [0, 0.05) is 6.08 Å². The number of esters is 1. The van der Waals surface area contributed by atoms with Crippen molar-refractivity contribution in [2.24, 2.45) is 17.8 Å². The van der Waals surface area contributed by atoms with Crippen molar-refractivity contribution in [3.8, 4) is 6.07 Å². The predicted molar refractivity (Wildman–Crippen MR) is 96.2 cm³/mol. The largest absolute Gasteiger partial charge is 0.462 e. The van der Waals surface area contributed by atoms with Crippen LogP contribution in [0.15, 0.2) is 12.2 Å². The molecular weight excluding hydrogens is 298 g/mol. The highest BCUT2D eigenvalue weighted by molar-refractivity contribution is 5.72. The third-order valence-electron chi connectivity index (χ3n) is 5.89. The van der Waals surface area contributed by atoms with E-state index in [4.69, 9.17) is 10.00 Å². The molecule has 0 saturated heterocycles. The lowest BCUT2D eigenvalue weighted by atomic mass is 9.80. The van der Waals surface area contributed by atoms with E-state index in [2.05, 4.69) is 6.92 Å². The van der Waals surface area contributed by atoms with Gasteiger partial charge in [0.25, 0.3) is 0 Å². The summed E-state index contributed by atoms with van der Waals surface area (Å²) in [6.45, 7) is 2.25. The van der Waals surface area contributed by atoms with E-state index in [1.807, 2.05) is 12.1 Å². The highest BCUT2D eigenvalue weighted by atomic mass is 16.5. The molecule has 0 unspecified atom stereocenters. The topological polar surface area (TPSA) is 50.1 Å². The monoisotopic (exact) mass is 331 g/mol. The molecule has 0 bridgehead atoms. The van der Waals surface area contributed by atoms with Crippen LogP contribution in [0.1, 0.15) is 84.0 Å². The van der Waals surface area contributed by atoms with Crippen molar-refractivity contribution in [3.05, 3.63) is 12.2 Å². The zero-order chi connectivity index (χ0) is 17.2. The van der Waals surface area contributed by atoms with Gasteiger partial charge in [-0.05, 0) is 76.0 Å². The maximum atomic E-state index is 12.4. The summed E-state index contributed by atoms with van der Waals surface area (Å²) in [7, 11) is 0. The van der Waals surface area contributed by atoms with Gasteiger partial charge in [-0.1, -0.05) is 25.8 Å². The second-order valence-electron chi connectivity index (χ2n) is 7.69. The molecule has 3 heteroatoms. The average molecular weight is 332 g/mol. The van der Waals surface area contributed by atoms with Crippen LogP contribution < -0.4 is 0 Å². The number of hydrogen-bond acceptors (Lipinski definition) is 3. The van der Waals surface area contributed by atoms with Gasteiger partial charge >= 0.3 is 5.97 Å². The highest BCUT2D eigenvalue weighted by Gasteiger charge is 2.30. The number of nitrogens with zero attached hydrogens (tertiary/aromatic N) is 1. The summed E-state index contributed by atoms with van der Waals surface area (Å²) < 4.78 is 5.82. The molecule has 3 nitrogen and oxygen atoms in total. The van der Waals surface area contributed by atoms with Gasteiger partial charge in [-0.15, -0.1) is 0 Å². The summed E-state index contributed by atoms with van der Waals surface area (Å²) in [6.07, 6.45) is 17.2. The smallest absolute Gasteiger partial charge is 0.309 e. The van der Waals surface area contributed by atoms with Crippen LogP contribution in [-0.4, -0.2) is 12.1 Å². The lowest BCUT2D eigenvalue weighted by molar-refractivity contribution is -0.157. The van der Waals surface area contributed by atoms with E-state index in [1.165, 1.54) is 25.7 Å². The Hall–Kier alpha value is -1.30. The Morgan fingerprint density at radius 1 is 1.04 bits per heavy atom. The molecular formula is C21H33NO2. The molecule has 0 aromatic carbocycles. The lowest BCUT2D eigenvalue weighted by Gasteiger charge is -2.31. The number of hydrogen-bond donors (Lipinski definition) is 0. The zero-order valence-corrected chi connectivity index (χ0v) is 15.2. The number of carbonyl (C=O) groups excluding carboxylic acids is 1. The number of carbonyl (C=O) groups is 1. The number of allylic oxidation sites excluding steroid dienone is 2. The first-order chi connectivity index (χ1) is 11.7. The molecule has 0 aliphatic heterocycles. The van der Waals surface area contributed by atoms with E-state index in [-0.39, 0.29) is 18.0 Å². The van der Waals surface area contributed by atoms with Crippen LogP contribution in [-0.2, 0) is 9.53 Å². The van der Waals surface area contributed by atoms with Crippen LogP contribution in [0.2, 0.25) is 0 Å². The zero-order valence-electron chi connectivity index (χ0n) is 15.2. The molecule has 0 aromatic rings. The maximum Gasteiger partial charge on any atom is 0.309 e. The molecule has 0 aromatic heterocycles. The molecule has 2 saturated carbocycles. The van der Waals surface area contributed by atoms with Crippen molar-refractivity contribution in [1.29, 1.82) is 5.26 Å². The molecule has 0 amide bonds. The van der Waals surface area contributed by atoms with E-state index in [9.17, 15) is 4.79 Å². The number of nitriles is 1. The number of rotatable bonds is 7. The molecule has 2 aliphatic rings. The minimum absolute atomic E-state index is 0.0744. The van der Waals surface area contributed by atoms with Gasteiger partial charge in [0.05, 0.1) is 12.0 Å². The van der Waals surface area contributed by atoms with Gasteiger partial charge in [-0.3, -0.25) is 4.79 Å². The summed E-state index contributed by atoms with van der Waals surface area (Å²) in [6, 6.07) is 2.04. The third-order valence-corrected chi connectivity index (χ3v) is 5.89. The van der Waals surface area contributed by atoms with Crippen molar-refractivity contribution in [2.45, 2.75) is 90.1 Å². The summed E-state index contributed by atoms with van der Waals surface area (Å²) in [5.74, 6) is 1.80. The lowest BCUT2D eigenvalue weighted by Crippen LogP contribution is -2.30. The minimum Gasteiger partial charge on any atom is -0.462 e. The Morgan fingerprint density at radius 2 is 1.67 bits per heavy atom.